The predicted octanol–water partition coefficient (Wildman–Crippen LogP) is 0.861. The van der Waals surface area contributed by atoms with Crippen molar-refractivity contribution in [3.05, 3.63) is 35.1 Å². The lowest BCUT2D eigenvalue weighted by Crippen LogP contribution is -2.36. The van der Waals surface area contributed by atoms with Crippen LogP contribution in [0.1, 0.15) is 21.8 Å². The van der Waals surface area contributed by atoms with Crippen molar-refractivity contribution < 1.29 is 9.59 Å². The highest BCUT2D eigenvalue weighted by Gasteiger charge is 2.25. The van der Waals surface area contributed by atoms with Crippen molar-refractivity contribution in [2.75, 3.05) is 6.54 Å². The molecule has 1 fully saturated rings. The smallest absolute Gasteiger partial charge is 0.263 e. The first-order valence-electron chi connectivity index (χ1n) is 6.32. The summed E-state index contributed by atoms with van der Waals surface area (Å²) in [6, 6.07) is 3.69. The maximum atomic E-state index is 12.2. The van der Waals surface area contributed by atoms with Gasteiger partial charge in [0.25, 0.3) is 5.91 Å². The molecule has 3 heterocycles. The normalized spacial score (nSPS) is 18.1. The van der Waals surface area contributed by atoms with Crippen molar-refractivity contribution in [2.24, 2.45) is 0 Å². The Morgan fingerprint density at radius 1 is 1.50 bits per heavy atom. The highest BCUT2D eigenvalue weighted by Crippen LogP contribution is 2.21. The standard InChI is InChI=1S/C13H14N4O2S/c1-8-11(12(19)16-9-6-10(18)14-7-9)20-13(15-8)17-4-2-3-5-17/h2-5,9H,6-7H2,1H3,(H,14,18)(H,16,19)/t9-/m0/s1. The first kappa shape index (κ1) is 12.9. The largest absolute Gasteiger partial charge is 0.354 e. The van der Waals surface area contributed by atoms with Crippen molar-refractivity contribution >= 4 is 23.2 Å². The van der Waals surface area contributed by atoms with Crippen molar-refractivity contribution in [2.45, 2.75) is 19.4 Å². The van der Waals surface area contributed by atoms with Crippen molar-refractivity contribution in [1.29, 1.82) is 0 Å². The summed E-state index contributed by atoms with van der Waals surface area (Å²) in [6.45, 7) is 2.31. The zero-order valence-electron chi connectivity index (χ0n) is 10.9. The van der Waals surface area contributed by atoms with Gasteiger partial charge in [0.15, 0.2) is 5.13 Å². The zero-order valence-corrected chi connectivity index (χ0v) is 11.7. The van der Waals surface area contributed by atoms with Crippen molar-refractivity contribution in [1.82, 2.24) is 20.2 Å². The number of hydrogen-bond acceptors (Lipinski definition) is 4. The molecule has 20 heavy (non-hydrogen) atoms. The van der Waals surface area contributed by atoms with E-state index in [1.807, 2.05) is 36.0 Å². The van der Waals surface area contributed by atoms with Gasteiger partial charge in [0.05, 0.1) is 11.7 Å². The van der Waals surface area contributed by atoms with Crippen LogP contribution in [-0.2, 0) is 4.79 Å². The summed E-state index contributed by atoms with van der Waals surface area (Å²) >= 11 is 1.34. The Bertz CT molecular complexity index is 647. The molecule has 0 aliphatic carbocycles. The Kier molecular flexibility index (Phi) is 3.27. The van der Waals surface area contributed by atoms with E-state index in [1.165, 1.54) is 11.3 Å². The van der Waals surface area contributed by atoms with Gasteiger partial charge in [-0.2, -0.15) is 0 Å². The van der Waals surface area contributed by atoms with E-state index in [4.69, 9.17) is 0 Å². The second kappa shape index (κ2) is 5.09. The second-order valence-electron chi connectivity index (χ2n) is 4.68. The van der Waals surface area contributed by atoms with E-state index < -0.39 is 0 Å². The van der Waals surface area contributed by atoms with E-state index in [-0.39, 0.29) is 17.9 Å². The molecule has 0 radical (unpaired) electrons. The van der Waals surface area contributed by atoms with E-state index >= 15 is 0 Å². The molecule has 7 heteroatoms. The predicted molar refractivity (Wildman–Crippen MR) is 75.1 cm³/mol. The molecule has 0 spiro atoms. The number of rotatable bonds is 3. The number of thiazole rings is 1. The lowest BCUT2D eigenvalue weighted by molar-refractivity contribution is -0.119. The third kappa shape index (κ3) is 2.44. The Morgan fingerprint density at radius 3 is 2.90 bits per heavy atom. The van der Waals surface area contributed by atoms with Crippen LogP contribution in [0.15, 0.2) is 24.5 Å². The third-order valence-corrected chi connectivity index (χ3v) is 4.30. The Morgan fingerprint density at radius 2 is 2.25 bits per heavy atom. The number of carbonyl (C=O) groups is 2. The quantitative estimate of drug-likeness (QED) is 0.880. The molecule has 2 amide bonds. The van der Waals surface area contributed by atoms with Gasteiger partial charge >= 0.3 is 0 Å². The number of amides is 2. The van der Waals surface area contributed by atoms with Gasteiger partial charge in [-0.3, -0.25) is 9.59 Å². The molecule has 1 atom stereocenters. The van der Waals surface area contributed by atoms with Crippen LogP contribution < -0.4 is 10.6 Å². The molecule has 2 N–H and O–H groups in total. The number of nitrogens with zero attached hydrogens (tertiary/aromatic N) is 2. The maximum Gasteiger partial charge on any atom is 0.263 e. The summed E-state index contributed by atoms with van der Waals surface area (Å²) < 4.78 is 1.87. The molecule has 104 valence electrons. The molecule has 1 aliphatic rings. The minimum atomic E-state index is -0.167. The minimum Gasteiger partial charge on any atom is -0.354 e. The SMILES string of the molecule is Cc1nc(-n2cccc2)sc1C(=O)N[C@@H]1CNC(=O)C1. The van der Waals surface area contributed by atoms with E-state index in [1.54, 1.807) is 0 Å². The summed E-state index contributed by atoms with van der Waals surface area (Å²) in [7, 11) is 0. The van der Waals surface area contributed by atoms with Crippen LogP contribution in [0.5, 0.6) is 0 Å². The van der Waals surface area contributed by atoms with Crippen LogP contribution in [0.2, 0.25) is 0 Å². The van der Waals surface area contributed by atoms with Crippen LogP contribution in [-0.4, -0.2) is 34.0 Å². The Balaban J connectivity index is 1.76. The zero-order chi connectivity index (χ0) is 14.1. The molecule has 0 bridgehead atoms. The molecule has 0 aromatic carbocycles. The summed E-state index contributed by atoms with van der Waals surface area (Å²) in [6.07, 6.45) is 4.12. The molecule has 1 aliphatic heterocycles. The maximum absolute atomic E-state index is 12.2. The molecule has 0 unspecified atom stereocenters. The summed E-state index contributed by atoms with van der Waals surface area (Å²) in [4.78, 5) is 28.3. The Labute approximate surface area is 119 Å². The first-order chi connectivity index (χ1) is 9.63. The molecule has 3 rings (SSSR count). The number of carbonyl (C=O) groups excluding carboxylic acids is 2. The fraction of sp³-hybridized carbons (Fsp3) is 0.308. The van der Waals surface area contributed by atoms with Gasteiger partial charge in [-0.1, -0.05) is 11.3 Å². The van der Waals surface area contributed by atoms with E-state index in [0.29, 0.717) is 23.5 Å². The van der Waals surface area contributed by atoms with Crippen molar-refractivity contribution in [3.63, 3.8) is 0 Å². The third-order valence-electron chi connectivity index (χ3n) is 3.13. The van der Waals surface area contributed by atoms with Gasteiger partial charge in [-0.05, 0) is 19.1 Å². The van der Waals surface area contributed by atoms with Crippen LogP contribution in [0.3, 0.4) is 0 Å². The van der Waals surface area contributed by atoms with Gasteiger partial charge in [-0.15, -0.1) is 0 Å². The van der Waals surface area contributed by atoms with E-state index in [2.05, 4.69) is 15.6 Å². The fourth-order valence-corrected chi connectivity index (χ4v) is 3.06. The van der Waals surface area contributed by atoms with Gasteiger partial charge in [-0.25, -0.2) is 4.98 Å². The van der Waals surface area contributed by atoms with E-state index in [0.717, 1.165) is 5.13 Å². The van der Waals surface area contributed by atoms with Gasteiger partial charge < -0.3 is 15.2 Å². The Hall–Kier alpha value is -2.15. The number of hydrogen-bond donors (Lipinski definition) is 2. The molecule has 1 saturated heterocycles. The molecule has 2 aromatic rings. The number of aryl methyl sites for hydroxylation is 1. The molecule has 6 nitrogen and oxygen atoms in total. The first-order valence-corrected chi connectivity index (χ1v) is 7.13. The fourth-order valence-electron chi connectivity index (χ4n) is 2.12. The molecular formula is C13H14N4O2S. The highest BCUT2D eigenvalue weighted by atomic mass is 32.1. The highest BCUT2D eigenvalue weighted by molar-refractivity contribution is 7.16. The second-order valence-corrected chi connectivity index (χ2v) is 5.66. The number of aromatic nitrogens is 2. The summed E-state index contributed by atoms with van der Waals surface area (Å²) in [5.41, 5.74) is 0.702. The topological polar surface area (TPSA) is 76.0 Å². The lowest BCUT2D eigenvalue weighted by Gasteiger charge is -2.08. The van der Waals surface area contributed by atoms with Crippen LogP contribution in [0, 0.1) is 6.92 Å². The van der Waals surface area contributed by atoms with Crippen LogP contribution in [0.4, 0.5) is 0 Å². The molecule has 0 saturated carbocycles. The minimum absolute atomic E-state index is 0.0237. The number of nitrogens with one attached hydrogen (secondary N) is 2. The summed E-state index contributed by atoms with van der Waals surface area (Å²) in [5.74, 6) is -0.190. The van der Waals surface area contributed by atoms with E-state index in [9.17, 15) is 9.59 Å². The molecule has 2 aromatic heterocycles. The monoisotopic (exact) mass is 290 g/mol. The average molecular weight is 290 g/mol. The average Bonchev–Trinajstić information content (AvgIpc) is 3.09. The van der Waals surface area contributed by atoms with Gasteiger partial charge in [0.1, 0.15) is 4.88 Å². The van der Waals surface area contributed by atoms with Crippen LogP contribution in [0.25, 0.3) is 5.13 Å². The van der Waals surface area contributed by atoms with Crippen LogP contribution >= 0.6 is 11.3 Å². The summed E-state index contributed by atoms with van der Waals surface area (Å²) in [5, 5.41) is 6.32. The molecular weight excluding hydrogens is 276 g/mol. The lowest BCUT2D eigenvalue weighted by atomic mass is 10.2. The van der Waals surface area contributed by atoms with Crippen molar-refractivity contribution in [3.8, 4) is 5.13 Å². The van der Waals surface area contributed by atoms with Gasteiger partial charge in [0, 0.05) is 25.4 Å². The van der Waals surface area contributed by atoms with Gasteiger partial charge in [0.2, 0.25) is 5.91 Å².